The molecular weight excluding hydrogens is 479 g/mol. The Morgan fingerprint density at radius 1 is 1.00 bits per heavy atom. The summed E-state index contributed by atoms with van der Waals surface area (Å²) in [4.78, 5) is 18.1. The van der Waals surface area contributed by atoms with E-state index < -0.39 is 0 Å². The van der Waals surface area contributed by atoms with Crippen molar-refractivity contribution < 1.29 is 9.53 Å². The van der Waals surface area contributed by atoms with Crippen molar-refractivity contribution in [3.05, 3.63) is 65.2 Å². The number of guanidine groups is 1. The standard InChI is InChI=1S/C22H30N4O2.HI/c1-17-5-7-19(8-6-17)15-24-22(25-16-21(27)26(2)3)23-14-13-18-9-11-20(28-4)12-10-18;/h5-12H,13-16H2,1-4H3,(H2,23,24,25);1H. The number of carbonyl (C=O) groups excluding carboxylic acids is 1. The first kappa shape index (κ1) is 24.7. The van der Waals surface area contributed by atoms with E-state index in [0.717, 1.165) is 17.7 Å². The summed E-state index contributed by atoms with van der Waals surface area (Å²) in [6, 6.07) is 16.3. The SMILES string of the molecule is COc1ccc(CCNC(=NCc2ccc(C)cc2)NCC(=O)N(C)C)cc1.I. The molecule has 1 amide bonds. The zero-order chi connectivity index (χ0) is 20.4. The number of hydrogen-bond acceptors (Lipinski definition) is 3. The molecule has 0 spiro atoms. The Morgan fingerprint density at radius 3 is 2.21 bits per heavy atom. The summed E-state index contributed by atoms with van der Waals surface area (Å²) in [6.45, 7) is 3.53. The van der Waals surface area contributed by atoms with Crippen LogP contribution in [0.4, 0.5) is 0 Å². The number of nitrogens with zero attached hydrogens (tertiary/aromatic N) is 2. The highest BCUT2D eigenvalue weighted by molar-refractivity contribution is 14.0. The van der Waals surface area contributed by atoms with Crippen LogP contribution in [0, 0.1) is 6.92 Å². The Kier molecular flexibility index (Phi) is 11.1. The van der Waals surface area contributed by atoms with Crippen LogP contribution in [0.2, 0.25) is 0 Å². The molecule has 0 atom stereocenters. The average molecular weight is 510 g/mol. The summed E-state index contributed by atoms with van der Waals surface area (Å²) in [7, 11) is 5.14. The Balaban J connectivity index is 0.00000420. The lowest BCUT2D eigenvalue weighted by atomic mass is 10.1. The van der Waals surface area contributed by atoms with Crippen LogP contribution in [0.3, 0.4) is 0 Å². The van der Waals surface area contributed by atoms with E-state index in [1.165, 1.54) is 11.1 Å². The third kappa shape index (κ3) is 9.17. The van der Waals surface area contributed by atoms with Gasteiger partial charge in [0, 0.05) is 20.6 Å². The van der Waals surface area contributed by atoms with E-state index in [0.29, 0.717) is 19.0 Å². The van der Waals surface area contributed by atoms with Crippen molar-refractivity contribution in [1.82, 2.24) is 15.5 Å². The van der Waals surface area contributed by atoms with Crippen molar-refractivity contribution in [2.24, 2.45) is 4.99 Å². The summed E-state index contributed by atoms with van der Waals surface area (Å²) >= 11 is 0. The summed E-state index contributed by atoms with van der Waals surface area (Å²) in [5, 5.41) is 6.42. The third-order valence-corrected chi connectivity index (χ3v) is 4.31. The molecular formula is C22H31IN4O2. The summed E-state index contributed by atoms with van der Waals surface area (Å²) in [6.07, 6.45) is 0.844. The van der Waals surface area contributed by atoms with E-state index in [1.54, 1.807) is 26.1 Å². The minimum Gasteiger partial charge on any atom is -0.497 e. The van der Waals surface area contributed by atoms with Gasteiger partial charge < -0.3 is 20.3 Å². The number of likely N-dealkylation sites (N-methyl/N-ethyl adjacent to an activating group) is 1. The summed E-state index contributed by atoms with van der Waals surface area (Å²) < 4.78 is 5.19. The minimum atomic E-state index is -0.00000897. The van der Waals surface area contributed by atoms with Gasteiger partial charge in [-0.3, -0.25) is 4.79 Å². The van der Waals surface area contributed by atoms with Crippen LogP contribution < -0.4 is 15.4 Å². The van der Waals surface area contributed by atoms with Gasteiger partial charge in [-0.1, -0.05) is 42.0 Å². The highest BCUT2D eigenvalue weighted by Gasteiger charge is 2.06. The molecule has 0 aliphatic rings. The fourth-order valence-corrected chi connectivity index (χ4v) is 2.47. The van der Waals surface area contributed by atoms with Crippen LogP contribution >= 0.6 is 24.0 Å². The minimum absolute atomic E-state index is 0. The highest BCUT2D eigenvalue weighted by Crippen LogP contribution is 2.11. The molecule has 0 fully saturated rings. The fourth-order valence-electron chi connectivity index (χ4n) is 2.47. The van der Waals surface area contributed by atoms with Crippen LogP contribution in [0.5, 0.6) is 5.75 Å². The number of halogens is 1. The third-order valence-electron chi connectivity index (χ3n) is 4.31. The van der Waals surface area contributed by atoms with Crippen LogP contribution in [-0.4, -0.2) is 51.1 Å². The van der Waals surface area contributed by atoms with Crippen molar-refractivity contribution >= 4 is 35.8 Å². The van der Waals surface area contributed by atoms with E-state index in [9.17, 15) is 4.79 Å². The van der Waals surface area contributed by atoms with Crippen LogP contribution in [-0.2, 0) is 17.8 Å². The number of aliphatic imine (C=N–C) groups is 1. The Hall–Kier alpha value is -2.29. The van der Waals surface area contributed by atoms with Crippen molar-refractivity contribution in [1.29, 1.82) is 0 Å². The Labute approximate surface area is 190 Å². The van der Waals surface area contributed by atoms with E-state index >= 15 is 0 Å². The molecule has 0 aromatic heterocycles. The number of ether oxygens (including phenoxy) is 1. The lowest BCUT2D eigenvalue weighted by molar-refractivity contribution is -0.127. The maximum atomic E-state index is 11.9. The van der Waals surface area contributed by atoms with Gasteiger partial charge in [-0.25, -0.2) is 4.99 Å². The van der Waals surface area contributed by atoms with Gasteiger partial charge in [0.1, 0.15) is 5.75 Å². The molecule has 2 aromatic rings. The number of benzene rings is 2. The monoisotopic (exact) mass is 510 g/mol. The zero-order valence-electron chi connectivity index (χ0n) is 17.6. The molecule has 2 aromatic carbocycles. The van der Waals surface area contributed by atoms with E-state index in [1.807, 2.05) is 24.3 Å². The predicted molar refractivity (Wildman–Crippen MR) is 129 cm³/mol. The topological polar surface area (TPSA) is 66.0 Å². The van der Waals surface area contributed by atoms with Gasteiger partial charge in [-0.2, -0.15) is 0 Å². The normalized spacial score (nSPS) is 10.7. The number of nitrogens with one attached hydrogen (secondary N) is 2. The van der Waals surface area contributed by atoms with E-state index in [-0.39, 0.29) is 36.4 Å². The first-order chi connectivity index (χ1) is 13.5. The van der Waals surface area contributed by atoms with Gasteiger partial charge in [-0.15, -0.1) is 24.0 Å². The molecule has 0 saturated heterocycles. The van der Waals surface area contributed by atoms with Crippen molar-refractivity contribution in [3.8, 4) is 5.75 Å². The molecule has 0 aliphatic heterocycles. The second kappa shape index (κ2) is 13.0. The molecule has 158 valence electrons. The first-order valence-electron chi connectivity index (χ1n) is 9.38. The molecule has 0 radical (unpaired) electrons. The number of aryl methyl sites for hydroxylation is 1. The number of hydrogen-bond donors (Lipinski definition) is 2. The molecule has 7 heteroatoms. The molecule has 0 unspecified atom stereocenters. The highest BCUT2D eigenvalue weighted by atomic mass is 127. The number of amides is 1. The van der Waals surface area contributed by atoms with Crippen molar-refractivity contribution in [3.63, 3.8) is 0 Å². The number of rotatable bonds is 8. The second-order valence-corrected chi connectivity index (χ2v) is 6.82. The van der Waals surface area contributed by atoms with Gasteiger partial charge in [0.05, 0.1) is 20.2 Å². The number of methoxy groups -OCH3 is 1. The Morgan fingerprint density at radius 2 is 1.62 bits per heavy atom. The van der Waals surface area contributed by atoms with Crippen LogP contribution in [0.25, 0.3) is 0 Å². The zero-order valence-corrected chi connectivity index (χ0v) is 19.9. The molecule has 29 heavy (non-hydrogen) atoms. The van der Waals surface area contributed by atoms with Gasteiger partial charge in [0.25, 0.3) is 0 Å². The maximum Gasteiger partial charge on any atom is 0.241 e. The lowest BCUT2D eigenvalue weighted by Crippen LogP contribution is -2.43. The molecule has 0 saturated carbocycles. The van der Waals surface area contributed by atoms with Gasteiger partial charge in [0.2, 0.25) is 5.91 Å². The smallest absolute Gasteiger partial charge is 0.241 e. The molecule has 0 heterocycles. The molecule has 2 N–H and O–H groups in total. The molecule has 0 bridgehead atoms. The van der Waals surface area contributed by atoms with Crippen molar-refractivity contribution in [2.45, 2.75) is 19.9 Å². The molecule has 6 nitrogen and oxygen atoms in total. The summed E-state index contributed by atoms with van der Waals surface area (Å²) in [5.74, 6) is 1.48. The fraction of sp³-hybridized carbons (Fsp3) is 0.364. The summed E-state index contributed by atoms with van der Waals surface area (Å²) in [5.41, 5.74) is 3.55. The van der Waals surface area contributed by atoms with Crippen LogP contribution in [0.15, 0.2) is 53.5 Å². The van der Waals surface area contributed by atoms with Gasteiger partial charge in [-0.05, 0) is 36.6 Å². The first-order valence-corrected chi connectivity index (χ1v) is 9.38. The van der Waals surface area contributed by atoms with Crippen molar-refractivity contribution in [2.75, 3.05) is 34.3 Å². The predicted octanol–water partition coefficient (Wildman–Crippen LogP) is 2.99. The maximum absolute atomic E-state index is 11.9. The number of carbonyl (C=O) groups is 1. The largest absolute Gasteiger partial charge is 0.497 e. The Bertz CT molecular complexity index is 774. The average Bonchev–Trinajstić information content (AvgIpc) is 2.71. The molecule has 2 rings (SSSR count). The second-order valence-electron chi connectivity index (χ2n) is 6.82. The van der Waals surface area contributed by atoms with E-state index in [2.05, 4.69) is 46.8 Å². The lowest BCUT2D eigenvalue weighted by Gasteiger charge is -2.15. The van der Waals surface area contributed by atoms with E-state index in [4.69, 9.17) is 4.74 Å². The van der Waals surface area contributed by atoms with Crippen LogP contribution in [0.1, 0.15) is 16.7 Å². The van der Waals surface area contributed by atoms with Gasteiger partial charge in [0.15, 0.2) is 5.96 Å². The molecule has 0 aliphatic carbocycles. The quantitative estimate of drug-likeness (QED) is 0.326. The van der Waals surface area contributed by atoms with Gasteiger partial charge >= 0.3 is 0 Å².